The van der Waals surface area contributed by atoms with Gasteiger partial charge in [0.1, 0.15) is 5.69 Å². The molecule has 0 radical (unpaired) electrons. The zero-order chi connectivity index (χ0) is 12.4. The number of carbonyl (C=O) groups excluding carboxylic acids is 1. The predicted octanol–water partition coefficient (Wildman–Crippen LogP) is 1.14. The molecule has 0 aliphatic carbocycles. The van der Waals surface area contributed by atoms with Crippen LogP contribution >= 0.6 is 0 Å². The van der Waals surface area contributed by atoms with Gasteiger partial charge in [0.2, 0.25) is 0 Å². The second kappa shape index (κ2) is 4.80. The summed E-state index contributed by atoms with van der Waals surface area (Å²) in [5, 5.41) is 2.93. The van der Waals surface area contributed by atoms with Crippen molar-refractivity contribution in [2.75, 3.05) is 26.3 Å². The maximum atomic E-state index is 12.1. The number of amides is 1. The Hall–Kier alpha value is -1.85. The molecule has 1 amide bonds. The largest absolute Gasteiger partial charge is 0.379 e. The Bertz CT molecular complexity index is 525. The average Bonchev–Trinajstić information content (AvgIpc) is 2.84. The molecule has 0 bridgehead atoms. The molecule has 94 valence electrons. The lowest BCUT2D eigenvalue weighted by molar-refractivity contribution is 0.0125. The van der Waals surface area contributed by atoms with E-state index in [0.717, 1.165) is 24.0 Å². The fraction of sp³-hybridized carbons (Fsp3) is 0.308. The molecule has 18 heavy (non-hydrogen) atoms. The van der Waals surface area contributed by atoms with Gasteiger partial charge >= 0.3 is 0 Å². The lowest BCUT2D eigenvalue weighted by Gasteiger charge is -2.26. The molecular weight excluding hydrogens is 230 g/mol. The lowest BCUT2D eigenvalue weighted by atomic mass is 10.2. The molecule has 1 aromatic carbocycles. The molecule has 2 heterocycles. The Labute approximate surface area is 105 Å². The average molecular weight is 245 g/mol. The molecule has 5 heteroatoms. The van der Waals surface area contributed by atoms with Crippen LogP contribution in [0.2, 0.25) is 0 Å². The number of hydrazine groups is 1. The fourth-order valence-corrected chi connectivity index (χ4v) is 2.07. The number of aromatic nitrogens is 1. The van der Waals surface area contributed by atoms with E-state index in [2.05, 4.69) is 10.4 Å². The molecular formula is C13H15N3O2. The number of carbonyl (C=O) groups is 1. The van der Waals surface area contributed by atoms with Gasteiger partial charge in [0.05, 0.1) is 13.2 Å². The van der Waals surface area contributed by atoms with Crippen LogP contribution in [0.3, 0.4) is 0 Å². The van der Waals surface area contributed by atoms with Gasteiger partial charge in [0, 0.05) is 24.0 Å². The van der Waals surface area contributed by atoms with Gasteiger partial charge in [-0.25, -0.2) is 5.01 Å². The second-order valence-corrected chi connectivity index (χ2v) is 4.31. The van der Waals surface area contributed by atoms with Crippen molar-refractivity contribution in [3.8, 4) is 0 Å². The van der Waals surface area contributed by atoms with E-state index in [0.29, 0.717) is 18.9 Å². The van der Waals surface area contributed by atoms with E-state index in [1.54, 1.807) is 0 Å². The topological polar surface area (TPSA) is 57.4 Å². The van der Waals surface area contributed by atoms with Crippen LogP contribution in [0.1, 0.15) is 10.5 Å². The van der Waals surface area contributed by atoms with E-state index >= 15 is 0 Å². The lowest BCUT2D eigenvalue weighted by Crippen LogP contribution is -2.48. The van der Waals surface area contributed by atoms with Gasteiger partial charge in [-0.05, 0) is 12.1 Å². The summed E-state index contributed by atoms with van der Waals surface area (Å²) in [6.07, 6.45) is 0. The first-order chi connectivity index (χ1) is 8.83. The van der Waals surface area contributed by atoms with Crippen LogP contribution in [0.4, 0.5) is 0 Å². The summed E-state index contributed by atoms with van der Waals surface area (Å²) in [4.78, 5) is 15.2. The Morgan fingerprint density at radius 1 is 1.28 bits per heavy atom. The highest BCUT2D eigenvalue weighted by Crippen LogP contribution is 2.14. The first-order valence-electron chi connectivity index (χ1n) is 6.04. The molecule has 1 saturated heterocycles. The summed E-state index contributed by atoms with van der Waals surface area (Å²) in [6, 6.07) is 9.71. The van der Waals surface area contributed by atoms with Crippen LogP contribution in [-0.4, -0.2) is 42.2 Å². The fourth-order valence-electron chi connectivity index (χ4n) is 2.07. The van der Waals surface area contributed by atoms with Gasteiger partial charge in [-0.3, -0.25) is 10.2 Å². The highest BCUT2D eigenvalue weighted by atomic mass is 16.5. The number of hydrogen-bond acceptors (Lipinski definition) is 3. The van der Waals surface area contributed by atoms with Crippen molar-refractivity contribution >= 4 is 16.8 Å². The summed E-state index contributed by atoms with van der Waals surface area (Å²) in [5.74, 6) is -0.104. The molecule has 1 aliphatic heterocycles. The molecule has 0 unspecified atom stereocenters. The van der Waals surface area contributed by atoms with Crippen molar-refractivity contribution in [3.05, 3.63) is 36.0 Å². The standard InChI is InChI=1S/C13H15N3O2/c17-13(15-16-5-7-18-8-6-16)12-9-10-3-1-2-4-11(10)14-12/h1-4,9,14H,5-8H2,(H,15,17). The van der Waals surface area contributed by atoms with Crippen molar-refractivity contribution in [3.63, 3.8) is 0 Å². The summed E-state index contributed by atoms with van der Waals surface area (Å²) >= 11 is 0. The van der Waals surface area contributed by atoms with Gasteiger partial charge in [-0.15, -0.1) is 0 Å². The number of hydrogen-bond donors (Lipinski definition) is 2. The molecule has 5 nitrogen and oxygen atoms in total. The number of para-hydroxylation sites is 1. The number of fused-ring (bicyclic) bond motifs is 1. The normalized spacial score (nSPS) is 16.9. The molecule has 3 rings (SSSR count). The Morgan fingerprint density at radius 3 is 2.83 bits per heavy atom. The summed E-state index contributed by atoms with van der Waals surface area (Å²) in [7, 11) is 0. The van der Waals surface area contributed by atoms with Gasteiger partial charge in [0.15, 0.2) is 0 Å². The van der Waals surface area contributed by atoms with Gasteiger partial charge in [-0.2, -0.15) is 0 Å². The van der Waals surface area contributed by atoms with E-state index in [4.69, 9.17) is 4.74 Å². The molecule has 1 aromatic heterocycles. The van der Waals surface area contributed by atoms with Gasteiger partial charge < -0.3 is 9.72 Å². The minimum Gasteiger partial charge on any atom is -0.379 e. The van der Waals surface area contributed by atoms with Crippen molar-refractivity contribution in [1.82, 2.24) is 15.4 Å². The van der Waals surface area contributed by atoms with Crippen LogP contribution in [0.5, 0.6) is 0 Å². The zero-order valence-corrected chi connectivity index (χ0v) is 9.98. The Balaban J connectivity index is 1.74. The van der Waals surface area contributed by atoms with E-state index in [9.17, 15) is 4.79 Å². The van der Waals surface area contributed by atoms with Crippen molar-refractivity contribution in [1.29, 1.82) is 0 Å². The first-order valence-corrected chi connectivity index (χ1v) is 6.04. The van der Waals surface area contributed by atoms with E-state index in [1.807, 2.05) is 35.3 Å². The molecule has 2 aromatic rings. The third-order valence-electron chi connectivity index (χ3n) is 3.05. The highest BCUT2D eigenvalue weighted by Gasteiger charge is 2.15. The molecule has 1 fully saturated rings. The maximum absolute atomic E-state index is 12.1. The number of morpholine rings is 1. The summed E-state index contributed by atoms with van der Waals surface area (Å²) in [5.41, 5.74) is 4.44. The van der Waals surface area contributed by atoms with Gasteiger partial charge in [0.25, 0.3) is 5.91 Å². The van der Waals surface area contributed by atoms with E-state index in [1.165, 1.54) is 0 Å². The van der Waals surface area contributed by atoms with Crippen LogP contribution in [0.25, 0.3) is 10.9 Å². The number of nitrogens with one attached hydrogen (secondary N) is 2. The van der Waals surface area contributed by atoms with Crippen LogP contribution in [0.15, 0.2) is 30.3 Å². The van der Waals surface area contributed by atoms with Crippen molar-refractivity contribution in [2.45, 2.75) is 0 Å². The number of H-pyrrole nitrogens is 1. The zero-order valence-electron chi connectivity index (χ0n) is 9.98. The van der Waals surface area contributed by atoms with Crippen molar-refractivity contribution in [2.24, 2.45) is 0 Å². The van der Waals surface area contributed by atoms with E-state index < -0.39 is 0 Å². The van der Waals surface area contributed by atoms with Gasteiger partial charge in [-0.1, -0.05) is 18.2 Å². The van der Waals surface area contributed by atoms with Crippen LogP contribution in [-0.2, 0) is 4.74 Å². The number of nitrogens with zero attached hydrogens (tertiary/aromatic N) is 1. The molecule has 0 atom stereocenters. The minimum absolute atomic E-state index is 0.104. The third kappa shape index (κ3) is 2.23. The maximum Gasteiger partial charge on any atom is 0.282 e. The monoisotopic (exact) mass is 245 g/mol. The summed E-state index contributed by atoms with van der Waals surface area (Å²) < 4.78 is 5.23. The van der Waals surface area contributed by atoms with Crippen LogP contribution < -0.4 is 5.43 Å². The van der Waals surface area contributed by atoms with E-state index in [-0.39, 0.29) is 5.91 Å². The third-order valence-corrected chi connectivity index (χ3v) is 3.05. The number of rotatable bonds is 2. The number of benzene rings is 1. The summed E-state index contributed by atoms with van der Waals surface area (Å²) in [6.45, 7) is 2.78. The van der Waals surface area contributed by atoms with Crippen LogP contribution in [0, 0.1) is 0 Å². The SMILES string of the molecule is O=C(NN1CCOCC1)c1cc2ccccc2[nH]1. The predicted molar refractivity (Wildman–Crippen MR) is 68.2 cm³/mol. The molecule has 2 N–H and O–H groups in total. The number of ether oxygens (including phenoxy) is 1. The second-order valence-electron chi connectivity index (χ2n) is 4.31. The van der Waals surface area contributed by atoms with Crippen molar-refractivity contribution < 1.29 is 9.53 Å². The Morgan fingerprint density at radius 2 is 2.06 bits per heavy atom. The molecule has 0 saturated carbocycles. The smallest absolute Gasteiger partial charge is 0.282 e. The highest BCUT2D eigenvalue weighted by molar-refractivity contribution is 5.97. The molecule has 1 aliphatic rings. The first kappa shape index (κ1) is 11.3. The molecule has 0 spiro atoms. The number of aromatic amines is 1. The minimum atomic E-state index is -0.104. The quantitative estimate of drug-likeness (QED) is 0.834. The Kier molecular flexibility index (Phi) is 3.00.